The molecule has 0 radical (unpaired) electrons. The molecule has 1 rings (SSSR count). The molecule has 7 heteroatoms. The third-order valence-electron chi connectivity index (χ3n) is 3.19. The van der Waals surface area contributed by atoms with Gasteiger partial charge in [-0.15, -0.1) is 0 Å². The summed E-state index contributed by atoms with van der Waals surface area (Å²) in [5.41, 5.74) is -0.442. The van der Waals surface area contributed by atoms with E-state index in [1.807, 2.05) is 35.0 Å². The first-order chi connectivity index (χ1) is 8.47. The van der Waals surface area contributed by atoms with Crippen LogP contribution in [0.2, 0.25) is 0 Å². The summed E-state index contributed by atoms with van der Waals surface area (Å²) < 4.78 is 6.77. The number of esters is 1. The Morgan fingerprint density at radius 2 is 2.00 bits per heavy atom. The van der Waals surface area contributed by atoms with Gasteiger partial charge in [0.1, 0.15) is 0 Å². The van der Waals surface area contributed by atoms with Crippen LogP contribution in [0.1, 0.15) is 20.8 Å². The zero-order valence-corrected chi connectivity index (χ0v) is 13.2. The van der Waals surface area contributed by atoms with Crippen LogP contribution in [0.5, 0.6) is 0 Å². The third-order valence-corrected chi connectivity index (χ3v) is 3.79. The molecule has 1 atom stereocenters. The quantitative estimate of drug-likeness (QED) is 0.445. The molecule has 0 aromatic heterocycles. The first-order valence-corrected chi connectivity index (χ1v) is 6.52. The molecular formula is C12H23ClN3O3+. The minimum absolute atomic E-state index is 0.158. The van der Waals surface area contributed by atoms with E-state index in [1.165, 1.54) is 11.3 Å². The minimum atomic E-state index is -0.442. The first-order valence-electron chi connectivity index (χ1n) is 6.18. The summed E-state index contributed by atoms with van der Waals surface area (Å²) in [4.78, 5) is 24.9. The molecule has 1 saturated heterocycles. The number of quaternary nitrogens is 1. The van der Waals surface area contributed by atoms with Gasteiger partial charge >= 0.3 is 12.0 Å². The van der Waals surface area contributed by atoms with Gasteiger partial charge in [0.2, 0.25) is 6.17 Å². The predicted octanol–water partition coefficient (Wildman–Crippen LogP) is 1.25. The SMILES string of the molecule is CC(=O)OCC(N1CC(C)(C)N(Cl)C1=O)[N+](C)(C)C. The summed E-state index contributed by atoms with van der Waals surface area (Å²) in [6.45, 7) is 5.81. The monoisotopic (exact) mass is 292 g/mol. The summed E-state index contributed by atoms with van der Waals surface area (Å²) in [6, 6.07) is -0.253. The molecule has 19 heavy (non-hydrogen) atoms. The van der Waals surface area contributed by atoms with Gasteiger partial charge in [0.15, 0.2) is 6.61 Å². The Kier molecular flexibility index (Phi) is 4.37. The van der Waals surface area contributed by atoms with Crippen molar-refractivity contribution < 1.29 is 18.8 Å². The van der Waals surface area contributed by atoms with Gasteiger partial charge in [-0.1, -0.05) is 0 Å². The van der Waals surface area contributed by atoms with Gasteiger partial charge in [-0.3, -0.25) is 9.69 Å². The standard InChI is InChI=1S/C12H23ClN3O3/c1-9(17)19-7-10(16(4,5)6)14-8-12(2,3)15(13)11(14)18/h10H,7-8H2,1-6H3/q+1. The van der Waals surface area contributed by atoms with E-state index in [4.69, 9.17) is 16.5 Å². The maximum absolute atomic E-state index is 12.2. The molecule has 110 valence electrons. The number of ether oxygens (including phenoxy) is 1. The summed E-state index contributed by atoms with van der Waals surface area (Å²) >= 11 is 6.03. The van der Waals surface area contributed by atoms with E-state index < -0.39 is 5.54 Å². The zero-order valence-electron chi connectivity index (χ0n) is 12.4. The maximum atomic E-state index is 12.2. The fraction of sp³-hybridized carbons (Fsp3) is 0.833. The van der Waals surface area contributed by atoms with Crippen LogP contribution >= 0.6 is 11.8 Å². The van der Waals surface area contributed by atoms with E-state index >= 15 is 0 Å². The van der Waals surface area contributed by atoms with Crippen LogP contribution in [0.25, 0.3) is 0 Å². The third kappa shape index (κ3) is 3.51. The van der Waals surface area contributed by atoms with Crippen molar-refractivity contribution in [3.8, 4) is 0 Å². The largest absolute Gasteiger partial charge is 0.457 e. The molecule has 6 nitrogen and oxygen atoms in total. The second-order valence-corrected chi connectivity index (χ2v) is 6.74. The maximum Gasteiger partial charge on any atom is 0.339 e. The highest BCUT2D eigenvalue weighted by atomic mass is 35.5. The van der Waals surface area contributed by atoms with Crippen LogP contribution in [-0.2, 0) is 9.53 Å². The smallest absolute Gasteiger partial charge is 0.339 e. The van der Waals surface area contributed by atoms with Gasteiger partial charge in [-0.05, 0) is 13.8 Å². The topological polar surface area (TPSA) is 49.9 Å². The van der Waals surface area contributed by atoms with Crippen LogP contribution in [0.3, 0.4) is 0 Å². The van der Waals surface area contributed by atoms with Crippen molar-refractivity contribution in [3.05, 3.63) is 0 Å². The zero-order chi connectivity index (χ0) is 15.0. The number of halogens is 1. The van der Waals surface area contributed by atoms with Crippen molar-refractivity contribution in [1.29, 1.82) is 0 Å². The van der Waals surface area contributed by atoms with Crippen molar-refractivity contribution in [1.82, 2.24) is 9.32 Å². The lowest BCUT2D eigenvalue weighted by molar-refractivity contribution is -0.906. The molecule has 0 spiro atoms. The van der Waals surface area contributed by atoms with Crippen LogP contribution in [0, 0.1) is 0 Å². The van der Waals surface area contributed by atoms with E-state index in [-0.39, 0.29) is 24.8 Å². The molecule has 0 saturated carbocycles. The lowest BCUT2D eigenvalue weighted by Gasteiger charge is -2.38. The van der Waals surface area contributed by atoms with Crippen molar-refractivity contribution in [2.75, 3.05) is 34.3 Å². The number of carbonyl (C=O) groups is 2. The van der Waals surface area contributed by atoms with E-state index in [1.54, 1.807) is 4.90 Å². The Balaban J connectivity index is 2.94. The molecule has 0 aromatic rings. The average molecular weight is 293 g/mol. The van der Waals surface area contributed by atoms with Gasteiger partial charge in [0, 0.05) is 18.7 Å². The molecule has 0 N–H and O–H groups in total. The molecule has 0 bridgehead atoms. The Bertz CT molecular complexity index is 379. The number of likely N-dealkylation sites (N-methyl/N-ethyl adjacent to an activating group) is 1. The number of hydrogen-bond donors (Lipinski definition) is 0. The molecule has 1 aliphatic heterocycles. The fourth-order valence-corrected chi connectivity index (χ4v) is 2.23. The Morgan fingerprint density at radius 1 is 1.47 bits per heavy atom. The van der Waals surface area contributed by atoms with Gasteiger partial charge in [0.25, 0.3) is 0 Å². The number of urea groups is 1. The van der Waals surface area contributed by atoms with Gasteiger partial charge in [-0.25, -0.2) is 9.21 Å². The number of carbonyl (C=O) groups excluding carboxylic acids is 2. The van der Waals surface area contributed by atoms with Crippen molar-refractivity contribution in [3.63, 3.8) is 0 Å². The van der Waals surface area contributed by atoms with Gasteiger partial charge < -0.3 is 9.22 Å². The molecule has 1 heterocycles. The van der Waals surface area contributed by atoms with Crippen LogP contribution in [-0.4, -0.2) is 71.8 Å². The van der Waals surface area contributed by atoms with Crippen LogP contribution in [0.15, 0.2) is 0 Å². The Morgan fingerprint density at radius 3 is 2.32 bits per heavy atom. The number of nitrogens with zero attached hydrogens (tertiary/aromatic N) is 3. The van der Waals surface area contributed by atoms with Gasteiger partial charge in [-0.2, -0.15) is 0 Å². The molecule has 0 aliphatic carbocycles. The minimum Gasteiger partial charge on any atom is -0.457 e. The van der Waals surface area contributed by atoms with E-state index in [0.717, 1.165) is 0 Å². The lowest BCUT2D eigenvalue weighted by Crippen LogP contribution is -2.58. The highest BCUT2D eigenvalue weighted by Gasteiger charge is 2.49. The molecule has 1 unspecified atom stereocenters. The molecule has 1 aliphatic rings. The van der Waals surface area contributed by atoms with Crippen molar-refractivity contribution >= 4 is 23.8 Å². The number of amides is 2. The van der Waals surface area contributed by atoms with Crippen LogP contribution < -0.4 is 0 Å². The summed E-state index contributed by atoms with van der Waals surface area (Å²) in [5.74, 6) is -0.355. The van der Waals surface area contributed by atoms with E-state index in [0.29, 0.717) is 11.0 Å². The molecule has 0 aromatic carbocycles. The Labute approximate surface area is 119 Å². The van der Waals surface area contributed by atoms with Crippen molar-refractivity contribution in [2.24, 2.45) is 0 Å². The summed E-state index contributed by atoms with van der Waals surface area (Å²) in [6.07, 6.45) is -0.264. The molecule has 2 amide bonds. The number of rotatable bonds is 4. The summed E-state index contributed by atoms with van der Waals surface area (Å²) in [5, 5.41) is 0. The highest BCUT2D eigenvalue weighted by Crippen LogP contribution is 2.30. The number of hydrogen-bond acceptors (Lipinski definition) is 3. The second-order valence-electron chi connectivity index (χ2n) is 6.40. The second kappa shape index (κ2) is 5.17. The normalized spacial score (nSPS) is 20.7. The predicted molar refractivity (Wildman–Crippen MR) is 72.3 cm³/mol. The first kappa shape index (κ1) is 16.0. The Hall–Kier alpha value is -1.01. The fourth-order valence-electron chi connectivity index (χ4n) is 2.07. The van der Waals surface area contributed by atoms with Crippen LogP contribution in [0.4, 0.5) is 4.79 Å². The average Bonchev–Trinajstić information content (AvgIpc) is 2.40. The molecular weight excluding hydrogens is 270 g/mol. The van der Waals surface area contributed by atoms with E-state index in [2.05, 4.69) is 0 Å². The summed E-state index contributed by atoms with van der Waals surface area (Å²) in [7, 11) is 5.85. The van der Waals surface area contributed by atoms with Gasteiger partial charge in [0.05, 0.1) is 33.2 Å². The highest BCUT2D eigenvalue weighted by molar-refractivity contribution is 6.22. The van der Waals surface area contributed by atoms with Crippen molar-refractivity contribution in [2.45, 2.75) is 32.5 Å². The molecule has 1 fully saturated rings. The lowest BCUT2D eigenvalue weighted by atomic mass is 10.1. The van der Waals surface area contributed by atoms with E-state index in [9.17, 15) is 9.59 Å².